The zero-order chi connectivity index (χ0) is 8.81. The Morgan fingerprint density at radius 3 is 2.92 bits per heavy atom. The van der Waals surface area contributed by atoms with Crippen molar-refractivity contribution in [1.29, 1.82) is 0 Å². The number of rotatable bonds is 4. The second-order valence-electron chi connectivity index (χ2n) is 2.71. The van der Waals surface area contributed by atoms with Gasteiger partial charge in [-0.1, -0.05) is 17.6 Å². The van der Waals surface area contributed by atoms with E-state index < -0.39 is 0 Å². The van der Waals surface area contributed by atoms with Gasteiger partial charge in [0.25, 0.3) is 0 Å². The third-order valence-corrected chi connectivity index (χ3v) is 1.80. The lowest BCUT2D eigenvalue weighted by Crippen LogP contribution is -2.03. The SMILES string of the molecule is Bc1cccc(OCCCCl)c1. The lowest BCUT2D eigenvalue weighted by molar-refractivity contribution is 0.318. The maximum atomic E-state index is 5.52. The van der Waals surface area contributed by atoms with Crippen LogP contribution in [0, 0.1) is 0 Å². The number of hydrogen-bond acceptors (Lipinski definition) is 1. The molecule has 1 nitrogen and oxygen atoms in total. The highest BCUT2D eigenvalue weighted by molar-refractivity contribution is 6.32. The highest BCUT2D eigenvalue weighted by atomic mass is 35.5. The molecule has 0 aliphatic heterocycles. The molecule has 0 atom stereocenters. The molecule has 0 bridgehead atoms. The molecule has 0 radical (unpaired) electrons. The number of hydrogen-bond donors (Lipinski definition) is 0. The molecule has 0 saturated carbocycles. The zero-order valence-electron chi connectivity index (χ0n) is 7.22. The molecule has 0 spiro atoms. The van der Waals surface area contributed by atoms with Crippen molar-refractivity contribution in [2.24, 2.45) is 0 Å². The maximum Gasteiger partial charge on any atom is 0.139 e. The van der Waals surface area contributed by atoms with Crippen LogP contribution in [0.1, 0.15) is 6.42 Å². The van der Waals surface area contributed by atoms with Gasteiger partial charge in [-0.05, 0) is 18.6 Å². The molecular formula is C9H12BClO. The van der Waals surface area contributed by atoms with Crippen LogP contribution in [0.2, 0.25) is 0 Å². The molecule has 0 amide bonds. The highest BCUT2D eigenvalue weighted by Crippen LogP contribution is 2.06. The summed E-state index contributed by atoms with van der Waals surface area (Å²) in [5.41, 5.74) is 1.22. The van der Waals surface area contributed by atoms with E-state index in [1.807, 2.05) is 18.2 Å². The van der Waals surface area contributed by atoms with Crippen molar-refractivity contribution < 1.29 is 4.74 Å². The molecule has 12 heavy (non-hydrogen) atoms. The van der Waals surface area contributed by atoms with Gasteiger partial charge in [0.1, 0.15) is 13.6 Å². The Balaban J connectivity index is 2.41. The summed E-state index contributed by atoms with van der Waals surface area (Å²) in [4.78, 5) is 0. The van der Waals surface area contributed by atoms with Crippen molar-refractivity contribution in [3.8, 4) is 5.75 Å². The molecule has 1 rings (SSSR count). The van der Waals surface area contributed by atoms with Crippen molar-refractivity contribution in [2.75, 3.05) is 12.5 Å². The Hall–Kier alpha value is -0.625. The molecule has 1 aromatic carbocycles. The summed E-state index contributed by atoms with van der Waals surface area (Å²) in [6, 6.07) is 8.02. The molecule has 64 valence electrons. The third kappa shape index (κ3) is 3.18. The predicted molar refractivity (Wildman–Crippen MR) is 55.5 cm³/mol. The normalized spacial score (nSPS) is 9.75. The zero-order valence-corrected chi connectivity index (χ0v) is 7.97. The number of alkyl halides is 1. The van der Waals surface area contributed by atoms with E-state index >= 15 is 0 Å². The van der Waals surface area contributed by atoms with Crippen molar-refractivity contribution in [3.05, 3.63) is 24.3 Å². The van der Waals surface area contributed by atoms with Crippen LogP contribution in [0.5, 0.6) is 5.75 Å². The lowest BCUT2D eigenvalue weighted by atomic mass is 9.96. The van der Waals surface area contributed by atoms with E-state index in [4.69, 9.17) is 16.3 Å². The van der Waals surface area contributed by atoms with Gasteiger partial charge in [0, 0.05) is 5.88 Å². The number of halogens is 1. The first-order valence-corrected chi connectivity index (χ1v) is 4.62. The monoisotopic (exact) mass is 182 g/mol. The maximum absolute atomic E-state index is 5.52. The van der Waals surface area contributed by atoms with Crippen molar-refractivity contribution in [3.63, 3.8) is 0 Å². The molecule has 3 heteroatoms. The largest absolute Gasteiger partial charge is 0.494 e. The van der Waals surface area contributed by atoms with Gasteiger partial charge in [-0.2, -0.15) is 0 Å². The average Bonchev–Trinajstić information content (AvgIpc) is 2.05. The van der Waals surface area contributed by atoms with Gasteiger partial charge in [0.05, 0.1) is 6.61 Å². The van der Waals surface area contributed by atoms with E-state index in [1.54, 1.807) is 0 Å². The van der Waals surface area contributed by atoms with E-state index in [1.165, 1.54) is 5.46 Å². The fourth-order valence-electron chi connectivity index (χ4n) is 0.950. The summed E-state index contributed by atoms with van der Waals surface area (Å²) in [5, 5.41) is 0. The summed E-state index contributed by atoms with van der Waals surface area (Å²) >= 11 is 5.52. The van der Waals surface area contributed by atoms with Gasteiger partial charge in [-0.3, -0.25) is 0 Å². The van der Waals surface area contributed by atoms with Gasteiger partial charge < -0.3 is 4.74 Å². The first-order chi connectivity index (χ1) is 5.83. The van der Waals surface area contributed by atoms with Gasteiger partial charge in [-0.25, -0.2) is 0 Å². The molecule has 0 saturated heterocycles. The molecule has 0 aliphatic rings. The minimum absolute atomic E-state index is 0.659. The van der Waals surface area contributed by atoms with E-state index in [0.717, 1.165) is 12.2 Å². The summed E-state index contributed by atoms with van der Waals surface area (Å²) in [5.74, 6) is 1.59. The number of benzene rings is 1. The molecule has 0 fully saturated rings. The fraction of sp³-hybridized carbons (Fsp3) is 0.333. The number of ether oxygens (including phenoxy) is 1. The molecule has 1 aromatic rings. The van der Waals surface area contributed by atoms with Crippen LogP contribution in [0.15, 0.2) is 24.3 Å². The summed E-state index contributed by atoms with van der Waals surface area (Å²) in [6.07, 6.45) is 0.898. The second-order valence-corrected chi connectivity index (χ2v) is 3.09. The van der Waals surface area contributed by atoms with Crippen LogP contribution in [-0.4, -0.2) is 20.3 Å². The first kappa shape index (κ1) is 9.46. The Labute approximate surface area is 79.1 Å². The van der Waals surface area contributed by atoms with Crippen LogP contribution in [-0.2, 0) is 0 Å². The molecular weight excluding hydrogens is 170 g/mol. The van der Waals surface area contributed by atoms with Crippen molar-refractivity contribution >= 4 is 24.9 Å². The Kier molecular flexibility index (Phi) is 4.02. The van der Waals surface area contributed by atoms with Crippen molar-refractivity contribution in [2.45, 2.75) is 6.42 Å². The Morgan fingerprint density at radius 1 is 1.42 bits per heavy atom. The fourth-order valence-corrected chi connectivity index (χ4v) is 1.06. The van der Waals surface area contributed by atoms with Gasteiger partial charge >= 0.3 is 0 Å². The van der Waals surface area contributed by atoms with Gasteiger partial charge in [0.2, 0.25) is 0 Å². The van der Waals surface area contributed by atoms with Gasteiger partial charge in [-0.15, -0.1) is 11.6 Å². The molecule has 0 aromatic heterocycles. The smallest absolute Gasteiger partial charge is 0.139 e. The van der Waals surface area contributed by atoms with Crippen LogP contribution in [0.3, 0.4) is 0 Å². The minimum Gasteiger partial charge on any atom is -0.494 e. The van der Waals surface area contributed by atoms with Crippen LogP contribution in [0.4, 0.5) is 0 Å². The predicted octanol–water partition coefficient (Wildman–Crippen LogP) is 0.953. The van der Waals surface area contributed by atoms with E-state index in [9.17, 15) is 0 Å². The second kappa shape index (κ2) is 5.10. The van der Waals surface area contributed by atoms with E-state index in [-0.39, 0.29) is 0 Å². The highest BCUT2D eigenvalue weighted by Gasteiger charge is 1.92. The topological polar surface area (TPSA) is 9.23 Å². The van der Waals surface area contributed by atoms with Crippen LogP contribution in [0.25, 0.3) is 0 Å². The Bertz CT molecular complexity index is 240. The van der Waals surface area contributed by atoms with Crippen molar-refractivity contribution in [1.82, 2.24) is 0 Å². The van der Waals surface area contributed by atoms with Gasteiger partial charge in [0.15, 0.2) is 0 Å². The first-order valence-electron chi connectivity index (χ1n) is 4.08. The lowest BCUT2D eigenvalue weighted by Gasteiger charge is -2.04. The Morgan fingerprint density at radius 2 is 2.25 bits per heavy atom. The molecule has 0 unspecified atom stereocenters. The van der Waals surface area contributed by atoms with Crippen LogP contribution < -0.4 is 10.2 Å². The van der Waals surface area contributed by atoms with E-state index in [0.29, 0.717) is 12.5 Å². The summed E-state index contributed by atoms with van der Waals surface area (Å²) in [7, 11) is 2.05. The summed E-state index contributed by atoms with van der Waals surface area (Å²) in [6.45, 7) is 0.701. The molecule has 0 aliphatic carbocycles. The average molecular weight is 182 g/mol. The standard InChI is InChI=1S/C9H12BClO/c10-8-3-1-4-9(7-8)12-6-2-5-11/h1,3-4,7H,2,5-6,10H2. The van der Waals surface area contributed by atoms with Crippen LogP contribution >= 0.6 is 11.6 Å². The molecule has 0 N–H and O–H groups in total. The molecule has 0 heterocycles. The third-order valence-electron chi connectivity index (χ3n) is 1.54. The van der Waals surface area contributed by atoms with E-state index in [2.05, 4.69) is 13.9 Å². The quantitative estimate of drug-likeness (QED) is 0.383. The summed E-state index contributed by atoms with van der Waals surface area (Å²) < 4.78 is 5.44. The minimum atomic E-state index is 0.659.